The highest BCUT2D eigenvalue weighted by Gasteiger charge is 2.25. The van der Waals surface area contributed by atoms with Gasteiger partial charge in [-0.25, -0.2) is 0 Å². The number of carbonyl (C=O) groups is 1. The average molecular weight is 523 g/mol. The molecule has 3 N–H and O–H groups in total. The predicted molar refractivity (Wildman–Crippen MR) is 156 cm³/mol. The van der Waals surface area contributed by atoms with Crippen molar-refractivity contribution < 1.29 is 14.6 Å². The lowest BCUT2D eigenvalue weighted by Crippen LogP contribution is -2.39. The van der Waals surface area contributed by atoms with Crippen LogP contribution >= 0.6 is 0 Å². The van der Waals surface area contributed by atoms with Gasteiger partial charge in [-0.15, -0.1) is 0 Å². The molecule has 0 aliphatic carbocycles. The van der Waals surface area contributed by atoms with Crippen molar-refractivity contribution in [1.29, 1.82) is 0 Å². The normalized spacial score (nSPS) is 13.5. The van der Waals surface area contributed by atoms with Crippen molar-refractivity contribution >= 4 is 5.91 Å². The zero-order chi connectivity index (χ0) is 27.6. The van der Waals surface area contributed by atoms with Gasteiger partial charge in [0.05, 0.1) is 11.7 Å². The quantitative estimate of drug-likeness (QED) is 0.211. The molecule has 3 atom stereocenters. The lowest BCUT2D eigenvalue weighted by molar-refractivity contribution is 0.0622. The second-order valence-electron chi connectivity index (χ2n) is 10.1. The average Bonchev–Trinajstić information content (AvgIpc) is 2.98. The Morgan fingerprint density at radius 1 is 0.821 bits per heavy atom. The highest BCUT2D eigenvalue weighted by Crippen LogP contribution is 2.30. The van der Waals surface area contributed by atoms with Gasteiger partial charge in [-0.2, -0.15) is 0 Å². The third kappa shape index (κ3) is 7.79. The summed E-state index contributed by atoms with van der Waals surface area (Å²) in [5.41, 5.74) is 10.1. The summed E-state index contributed by atoms with van der Waals surface area (Å²) >= 11 is 0. The van der Waals surface area contributed by atoms with Crippen molar-refractivity contribution in [1.82, 2.24) is 4.90 Å². The maximum Gasteiger partial charge on any atom is 0.252 e. The number of carbonyl (C=O) groups excluding carboxylic acids is 1. The van der Waals surface area contributed by atoms with E-state index in [-0.39, 0.29) is 17.6 Å². The minimum absolute atomic E-state index is 0.0933. The summed E-state index contributed by atoms with van der Waals surface area (Å²) < 4.78 is 5.92. The van der Waals surface area contributed by atoms with Crippen LogP contribution in [0, 0.1) is 0 Å². The van der Waals surface area contributed by atoms with E-state index in [2.05, 4.69) is 55.1 Å². The fourth-order valence-corrected chi connectivity index (χ4v) is 4.94. The van der Waals surface area contributed by atoms with Gasteiger partial charge in [-0.1, -0.05) is 97.1 Å². The molecule has 0 bridgehead atoms. The molecule has 0 radical (unpaired) electrons. The number of ether oxygens (including phenoxy) is 1. The number of amides is 1. The number of aliphatic hydroxyl groups is 1. The fraction of sp³-hybridized carbons (Fsp3) is 0.265. The number of aliphatic hydroxyl groups excluding tert-OH is 1. The molecule has 202 valence electrons. The molecule has 4 rings (SSSR count). The van der Waals surface area contributed by atoms with Crippen LogP contribution in [0.3, 0.4) is 0 Å². The van der Waals surface area contributed by atoms with E-state index < -0.39 is 12.0 Å². The molecule has 0 unspecified atom stereocenters. The first-order valence-corrected chi connectivity index (χ1v) is 13.6. The molecule has 0 aliphatic rings. The van der Waals surface area contributed by atoms with Gasteiger partial charge in [0.15, 0.2) is 0 Å². The molecule has 4 aromatic carbocycles. The highest BCUT2D eigenvalue weighted by atomic mass is 16.5. The van der Waals surface area contributed by atoms with E-state index in [1.165, 1.54) is 11.1 Å². The molecule has 0 saturated heterocycles. The number of nitrogens with two attached hydrogens (primary N) is 1. The molecule has 0 heterocycles. The first kappa shape index (κ1) is 28.1. The molecule has 0 spiro atoms. The van der Waals surface area contributed by atoms with Crippen LogP contribution < -0.4 is 10.5 Å². The molecule has 0 aliphatic heterocycles. The van der Waals surface area contributed by atoms with Crippen molar-refractivity contribution in [3.63, 3.8) is 0 Å². The van der Waals surface area contributed by atoms with Gasteiger partial charge in [-0.05, 0) is 61.1 Å². The lowest BCUT2D eigenvalue weighted by atomic mass is 9.98. The van der Waals surface area contributed by atoms with Crippen molar-refractivity contribution in [2.24, 2.45) is 5.73 Å². The second-order valence-corrected chi connectivity index (χ2v) is 10.1. The highest BCUT2D eigenvalue weighted by molar-refractivity contribution is 5.95. The van der Waals surface area contributed by atoms with E-state index in [1.807, 2.05) is 60.7 Å². The van der Waals surface area contributed by atoms with Crippen LogP contribution in [0.4, 0.5) is 0 Å². The standard InChI is InChI=1S/C34H38N2O3/c1-25(18-19-27-12-6-3-7-13-27)36(26(2)29-16-10-5-11-17-29)23-32(37)30-20-21-33(31(22-30)34(35)38)39-24-28-14-8-4-9-15-28/h3-17,20-22,25-26,32,37H,18-19,23-24H2,1-2H3,(H2,35,38)/t25-,26+,32+/m1/s1. The van der Waals surface area contributed by atoms with Crippen molar-refractivity contribution in [2.75, 3.05) is 6.54 Å². The number of aryl methyl sites for hydroxylation is 1. The van der Waals surface area contributed by atoms with E-state index >= 15 is 0 Å². The molecule has 1 amide bonds. The molecule has 5 heteroatoms. The molecule has 39 heavy (non-hydrogen) atoms. The summed E-state index contributed by atoms with van der Waals surface area (Å²) in [4.78, 5) is 14.6. The van der Waals surface area contributed by atoms with Crippen LogP contribution in [-0.2, 0) is 13.0 Å². The Morgan fingerprint density at radius 2 is 1.41 bits per heavy atom. The third-order valence-corrected chi connectivity index (χ3v) is 7.31. The summed E-state index contributed by atoms with van der Waals surface area (Å²) in [6, 6.07) is 36.1. The molecular formula is C34H38N2O3. The predicted octanol–water partition coefficient (Wildman–Crippen LogP) is 6.48. The Kier molecular flexibility index (Phi) is 9.90. The van der Waals surface area contributed by atoms with Gasteiger partial charge in [0.2, 0.25) is 0 Å². The van der Waals surface area contributed by atoms with E-state index in [9.17, 15) is 9.90 Å². The molecule has 0 aromatic heterocycles. The number of hydrogen-bond donors (Lipinski definition) is 2. The van der Waals surface area contributed by atoms with Crippen LogP contribution in [0.15, 0.2) is 109 Å². The van der Waals surface area contributed by atoms with E-state index in [0.717, 1.165) is 18.4 Å². The minimum Gasteiger partial charge on any atom is -0.488 e. The topological polar surface area (TPSA) is 75.8 Å². The maximum absolute atomic E-state index is 12.3. The van der Waals surface area contributed by atoms with E-state index in [4.69, 9.17) is 10.5 Å². The number of rotatable bonds is 13. The van der Waals surface area contributed by atoms with Gasteiger partial charge >= 0.3 is 0 Å². The van der Waals surface area contributed by atoms with Gasteiger partial charge < -0.3 is 15.6 Å². The first-order valence-electron chi connectivity index (χ1n) is 13.6. The Labute approximate surface area is 231 Å². The molecule has 4 aromatic rings. The van der Waals surface area contributed by atoms with Crippen LogP contribution in [0.25, 0.3) is 0 Å². The van der Waals surface area contributed by atoms with E-state index in [1.54, 1.807) is 12.1 Å². The van der Waals surface area contributed by atoms with Crippen LogP contribution in [0.5, 0.6) is 5.75 Å². The molecule has 0 fully saturated rings. The smallest absolute Gasteiger partial charge is 0.252 e. The van der Waals surface area contributed by atoms with Crippen LogP contribution in [-0.4, -0.2) is 28.5 Å². The fourth-order valence-electron chi connectivity index (χ4n) is 4.94. The SMILES string of the molecule is C[C@H](CCc1ccccc1)N(C[C@H](O)c1ccc(OCc2ccccc2)c(C(N)=O)c1)[C@@H](C)c1ccccc1. The van der Waals surface area contributed by atoms with Crippen molar-refractivity contribution in [3.05, 3.63) is 137 Å². The van der Waals surface area contributed by atoms with Crippen LogP contribution in [0.1, 0.15) is 65.0 Å². The zero-order valence-corrected chi connectivity index (χ0v) is 22.7. The molecule has 5 nitrogen and oxygen atoms in total. The van der Waals surface area contributed by atoms with Gasteiger partial charge in [-0.3, -0.25) is 9.69 Å². The summed E-state index contributed by atoms with van der Waals surface area (Å²) in [6.07, 6.45) is 1.10. The summed E-state index contributed by atoms with van der Waals surface area (Å²) in [5, 5.41) is 11.4. The van der Waals surface area contributed by atoms with Crippen molar-refractivity contribution in [2.45, 2.75) is 51.5 Å². The maximum atomic E-state index is 12.3. The minimum atomic E-state index is -0.809. The number of hydrogen-bond acceptors (Lipinski definition) is 4. The van der Waals surface area contributed by atoms with Crippen LogP contribution in [0.2, 0.25) is 0 Å². The first-order chi connectivity index (χ1) is 18.9. The Bertz CT molecular complexity index is 1310. The lowest BCUT2D eigenvalue weighted by Gasteiger charge is -2.36. The van der Waals surface area contributed by atoms with Gasteiger partial charge in [0.1, 0.15) is 12.4 Å². The Balaban J connectivity index is 1.52. The number of primary amides is 1. The number of benzene rings is 4. The molecular weight excluding hydrogens is 484 g/mol. The summed E-state index contributed by atoms with van der Waals surface area (Å²) in [5.74, 6) is -0.175. The van der Waals surface area contributed by atoms with Gasteiger partial charge in [0, 0.05) is 18.6 Å². The second kappa shape index (κ2) is 13.7. The largest absolute Gasteiger partial charge is 0.488 e. The van der Waals surface area contributed by atoms with Crippen molar-refractivity contribution in [3.8, 4) is 5.75 Å². The number of nitrogens with zero attached hydrogens (tertiary/aromatic N) is 1. The molecule has 0 saturated carbocycles. The Hall–Kier alpha value is -3.93. The van der Waals surface area contributed by atoms with E-state index in [0.29, 0.717) is 24.5 Å². The summed E-state index contributed by atoms with van der Waals surface area (Å²) in [6.45, 7) is 5.12. The Morgan fingerprint density at radius 3 is 2.03 bits per heavy atom. The third-order valence-electron chi connectivity index (χ3n) is 7.31. The van der Waals surface area contributed by atoms with Gasteiger partial charge in [0.25, 0.3) is 5.91 Å². The summed E-state index contributed by atoms with van der Waals surface area (Å²) in [7, 11) is 0. The monoisotopic (exact) mass is 522 g/mol. The zero-order valence-electron chi connectivity index (χ0n) is 22.7.